The minimum absolute atomic E-state index is 0.209. The molecule has 2 amide bonds. The topological polar surface area (TPSA) is 114 Å². The van der Waals surface area contributed by atoms with Gasteiger partial charge in [-0.2, -0.15) is 11.3 Å². The fourth-order valence-corrected chi connectivity index (χ4v) is 5.43. The van der Waals surface area contributed by atoms with Gasteiger partial charge in [-0.25, -0.2) is 9.97 Å². The third kappa shape index (κ3) is 4.82. The van der Waals surface area contributed by atoms with Gasteiger partial charge in [0.25, 0.3) is 11.8 Å². The van der Waals surface area contributed by atoms with Crippen LogP contribution in [0.5, 0.6) is 0 Å². The molecule has 4 aromatic heterocycles. The Kier molecular flexibility index (Phi) is 6.71. The predicted molar refractivity (Wildman–Crippen MR) is 145 cm³/mol. The first-order valence-corrected chi connectivity index (χ1v) is 13.4. The first-order chi connectivity index (χ1) is 17.4. The van der Waals surface area contributed by atoms with E-state index in [-0.39, 0.29) is 11.8 Å². The molecule has 0 fully saturated rings. The lowest BCUT2D eigenvalue weighted by Crippen LogP contribution is -2.27. The van der Waals surface area contributed by atoms with Crippen molar-refractivity contribution in [1.82, 2.24) is 25.0 Å². The van der Waals surface area contributed by atoms with Crippen molar-refractivity contribution in [3.63, 3.8) is 0 Å². The van der Waals surface area contributed by atoms with E-state index < -0.39 is 0 Å². The number of nitrogens with zero attached hydrogens (tertiary/aromatic N) is 3. The van der Waals surface area contributed by atoms with Crippen LogP contribution in [0, 0.1) is 5.92 Å². The number of anilines is 1. The van der Waals surface area contributed by atoms with Crippen molar-refractivity contribution in [2.75, 3.05) is 12.3 Å². The van der Waals surface area contributed by atoms with Crippen LogP contribution >= 0.6 is 22.7 Å². The Morgan fingerprint density at radius 2 is 1.97 bits per heavy atom. The average Bonchev–Trinajstić information content (AvgIpc) is 3.58. The minimum Gasteiger partial charge on any atom is -0.375 e. The van der Waals surface area contributed by atoms with E-state index >= 15 is 0 Å². The molecule has 4 heterocycles. The second-order valence-corrected chi connectivity index (χ2v) is 10.8. The van der Waals surface area contributed by atoms with Crippen molar-refractivity contribution >= 4 is 55.5 Å². The monoisotopic (exact) mass is 518 g/mol. The molecule has 0 saturated carbocycles. The maximum atomic E-state index is 13.2. The zero-order chi connectivity index (χ0) is 25.2. The molecule has 0 aliphatic rings. The molecule has 0 unspecified atom stereocenters. The molecule has 10 heteroatoms. The van der Waals surface area contributed by atoms with Crippen LogP contribution in [-0.2, 0) is 6.54 Å². The summed E-state index contributed by atoms with van der Waals surface area (Å²) in [7, 11) is 0. The molecule has 1 aromatic carbocycles. The third-order valence-electron chi connectivity index (χ3n) is 5.83. The summed E-state index contributed by atoms with van der Waals surface area (Å²) in [4.78, 5) is 35.5. The quantitative estimate of drug-likeness (QED) is 0.269. The van der Waals surface area contributed by atoms with Gasteiger partial charge in [-0.05, 0) is 53.6 Å². The fraction of sp³-hybridized carbons (Fsp3) is 0.231. The number of aromatic nitrogens is 3. The Morgan fingerprint density at radius 1 is 1.11 bits per heavy atom. The maximum Gasteiger partial charge on any atom is 0.270 e. The largest absolute Gasteiger partial charge is 0.375 e. The highest BCUT2D eigenvalue weighted by molar-refractivity contribution is 7.22. The highest BCUT2D eigenvalue weighted by Crippen LogP contribution is 2.28. The summed E-state index contributed by atoms with van der Waals surface area (Å²) in [5, 5.41) is 10.4. The maximum absolute atomic E-state index is 13.2. The summed E-state index contributed by atoms with van der Waals surface area (Å²) < 4.78 is 2.68. The van der Waals surface area contributed by atoms with Crippen molar-refractivity contribution in [3.8, 4) is 11.3 Å². The van der Waals surface area contributed by atoms with Crippen LogP contribution in [0.15, 0.2) is 53.4 Å². The summed E-state index contributed by atoms with van der Waals surface area (Å²) in [5.41, 5.74) is 10.3. The normalized spacial score (nSPS) is 11.4. The van der Waals surface area contributed by atoms with Crippen LogP contribution in [0.3, 0.4) is 0 Å². The molecule has 0 atom stereocenters. The standard InChI is InChI=1S/C26H26N6O2S2/c1-15(2)7-9-28-25(34)22-21(17-8-11-35-14-17)31-23-18(4-3-10-32(22)23)24(33)29-13-16-5-6-19-20(12-16)36-26(27)30-19/h3-6,8,10-12,14-15H,7,9,13H2,1-2H3,(H2,27,30)(H,28,34)(H,29,33). The van der Waals surface area contributed by atoms with Gasteiger partial charge >= 0.3 is 0 Å². The second kappa shape index (κ2) is 10.1. The summed E-state index contributed by atoms with van der Waals surface area (Å²) in [6.07, 6.45) is 2.65. The van der Waals surface area contributed by atoms with Crippen molar-refractivity contribution in [3.05, 3.63) is 70.2 Å². The van der Waals surface area contributed by atoms with E-state index in [1.165, 1.54) is 22.7 Å². The number of hydrogen-bond acceptors (Lipinski definition) is 7. The number of fused-ring (bicyclic) bond motifs is 2. The van der Waals surface area contributed by atoms with Gasteiger partial charge in [0, 0.05) is 30.2 Å². The van der Waals surface area contributed by atoms with E-state index in [0.29, 0.717) is 46.7 Å². The van der Waals surface area contributed by atoms with Crippen molar-refractivity contribution in [2.45, 2.75) is 26.8 Å². The third-order valence-corrected chi connectivity index (χ3v) is 7.36. The molecule has 5 aromatic rings. The smallest absolute Gasteiger partial charge is 0.270 e. The van der Waals surface area contributed by atoms with E-state index in [0.717, 1.165) is 27.8 Å². The lowest BCUT2D eigenvalue weighted by molar-refractivity contribution is 0.0938. The number of nitrogens with two attached hydrogens (primary N) is 1. The van der Waals surface area contributed by atoms with Gasteiger partial charge in [0.1, 0.15) is 11.4 Å². The van der Waals surface area contributed by atoms with Gasteiger partial charge in [-0.3, -0.25) is 14.0 Å². The number of rotatable bonds is 8. The molecule has 0 radical (unpaired) electrons. The van der Waals surface area contributed by atoms with E-state index in [1.54, 1.807) is 22.7 Å². The molecule has 4 N–H and O–H groups in total. The van der Waals surface area contributed by atoms with Crippen LogP contribution in [0.4, 0.5) is 5.13 Å². The number of benzene rings is 1. The van der Waals surface area contributed by atoms with Crippen LogP contribution in [0.25, 0.3) is 27.1 Å². The van der Waals surface area contributed by atoms with Gasteiger partial charge < -0.3 is 16.4 Å². The van der Waals surface area contributed by atoms with E-state index in [9.17, 15) is 9.59 Å². The highest BCUT2D eigenvalue weighted by Gasteiger charge is 2.24. The molecule has 0 saturated heterocycles. The Morgan fingerprint density at radius 3 is 2.75 bits per heavy atom. The van der Waals surface area contributed by atoms with Gasteiger partial charge in [0.15, 0.2) is 10.8 Å². The molecular weight excluding hydrogens is 492 g/mol. The van der Waals surface area contributed by atoms with Crippen LogP contribution in [0.1, 0.15) is 46.7 Å². The Hall–Kier alpha value is -3.76. The lowest BCUT2D eigenvalue weighted by Gasteiger charge is -2.09. The average molecular weight is 519 g/mol. The Balaban J connectivity index is 1.45. The molecule has 8 nitrogen and oxygen atoms in total. The molecule has 0 aliphatic heterocycles. The summed E-state index contributed by atoms with van der Waals surface area (Å²) in [5.74, 6) is 0.00506. The van der Waals surface area contributed by atoms with Gasteiger partial charge in [0.2, 0.25) is 0 Å². The number of nitrogens with one attached hydrogen (secondary N) is 2. The number of thiophene rings is 1. The molecule has 36 heavy (non-hydrogen) atoms. The summed E-state index contributed by atoms with van der Waals surface area (Å²) in [6, 6.07) is 11.2. The van der Waals surface area contributed by atoms with Gasteiger partial charge in [-0.1, -0.05) is 31.3 Å². The SMILES string of the molecule is CC(C)CCNC(=O)c1c(-c2ccsc2)nc2c(C(=O)NCc3ccc4nc(N)sc4c3)cccn12. The predicted octanol–water partition coefficient (Wildman–Crippen LogP) is 4.96. The van der Waals surface area contributed by atoms with E-state index in [4.69, 9.17) is 10.7 Å². The fourth-order valence-electron chi connectivity index (χ4n) is 3.99. The molecule has 184 valence electrons. The lowest BCUT2D eigenvalue weighted by atomic mass is 10.1. The number of hydrogen-bond donors (Lipinski definition) is 3. The number of carbonyl (C=O) groups excluding carboxylic acids is 2. The number of imidazole rings is 1. The first kappa shape index (κ1) is 24.0. The van der Waals surface area contributed by atoms with Crippen LogP contribution < -0.4 is 16.4 Å². The number of nitrogen functional groups attached to an aromatic ring is 1. The van der Waals surface area contributed by atoms with E-state index in [2.05, 4.69) is 29.5 Å². The molecule has 0 bridgehead atoms. The highest BCUT2D eigenvalue weighted by atomic mass is 32.1. The second-order valence-electron chi connectivity index (χ2n) is 8.91. The molecule has 0 spiro atoms. The van der Waals surface area contributed by atoms with Gasteiger partial charge in [0.05, 0.1) is 15.8 Å². The van der Waals surface area contributed by atoms with Crippen molar-refractivity contribution in [1.29, 1.82) is 0 Å². The number of pyridine rings is 1. The first-order valence-electron chi connectivity index (χ1n) is 11.7. The minimum atomic E-state index is -0.266. The van der Waals surface area contributed by atoms with Crippen molar-refractivity contribution in [2.24, 2.45) is 5.92 Å². The van der Waals surface area contributed by atoms with Crippen LogP contribution in [-0.4, -0.2) is 32.7 Å². The van der Waals surface area contributed by atoms with Crippen LogP contribution in [0.2, 0.25) is 0 Å². The van der Waals surface area contributed by atoms with Gasteiger partial charge in [-0.15, -0.1) is 0 Å². The Labute approximate surface area is 216 Å². The summed E-state index contributed by atoms with van der Waals surface area (Å²) in [6.45, 7) is 5.15. The molecule has 0 aliphatic carbocycles. The number of thiazole rings is 1. The Bertz CT molecular complexity index is 1550. The zero-order valence-corrected chi connectivity index (χ0v) is 21.6. The molecular formula is C26H26N6O2S2. The van der Waals surface area contributed by atoms with Crippen molar-refractivity contribution < 1.29 is 9.59 Å². The molecule has 5 rings (SSSR count). The number of amides is 2. The van der Waals surface area contributed by atoms with E-state index in [1.807, 2.05) is 35.0 Å². The summed E-state index contributed by atoms with van der Waals surface area (Å²) >= 11 is 2.95. The zero-order valence-electron chi connectivity index (χ0n) is 19.9. The number of carbonyl (C=O) groups is 2.